The number of aliphatic hydroxyl groups is 2. The van der Waals surface area contributed by atoms with Gasteiger partial charge in [0, 0.05) is 19.0 Å². The molecule has 0 aromatic heterocycles. The average molecular weight is 512 g/mol. The molecule has 0 radical (unpaired) electrons. The quantitative estimate of drug-likeness (QED) is 0.344. The molecule has 2 rings (SSSR count). The smallest absolute Gasteiger partial charge is 0.428 e. The van der Waals surface area contributed by atoms with E-state index in [1.54, 1.807) is 60.7 Å². The lowest BCUT2D eigenvalue weighted by Gasteiger charge is -2.32. The van der Waals surface area contributed by atoms with Crippen LogP contribution < -0.4 is 11.5 Å². The molecule has 0 aliphatic rings. The minimum atomic E-state index is -5.53. The lowest BCUT2D eigenvalue weighted by atomic mass is 10.0. The van der Waals surface area contributed by atoms with Crippen LogP contribution in [0, 0.1) is 0 Å². The number of nitrogens with two attached hydrogens (primary N) is 2. The van der Waals surface area contributed by atoms with Gasteiger partial charge in [0.2, 0.25) is 0 Å². The zero-order valence-corrected chi connectivity index (χ0v) is 19.7. The second kappa shape index (κ2) is 13.4. The fourth-order valence-electron chi connectivity index (χ4n) is 3.59. The Hall–Kier alpha value is -2.99. The van der Waals surface area contributed by atoms with E-state index < -0.39 is 49.1 Å². The minimum Gasteiger partial charge on any atom is -0.445 e. The van der Waals surface area contributed by atoms with Crippen molar-refractivity contribution in [3.63, 3.8) is 0 Å². The lowest BCUT2D eigenvalue weighted by Crippen LogP contribution is -2.62. The number of ether oxygens (including phenoxy) is 1. The summed E-state index contributed by atoms with van der Waals surface area (Å²) >= 11 is 0. The molecular weight excluding hydrogens is 479 g/mol. The molecule has 2 aromatic carbocycles. The first-order valence-electron chi connectivity index (χ1n) is 11.5. The maximum atomic E-state index is 13.5. The average Bonchev–Trinajstić information content (AvgIpc) is 2.86. The molecular formula is C25H32F3N3O5. The van der Waals surface area contributed by atoms with Crippen LogP contribution in [0.1, 0.15) is 36.4 Å². The summed E-state index contributed by atoms with van der Waals surface area (Å²) in [6.45, 7) is -2.36. The van der Waals surface area contributed by atoms with Gasteiger partial charge in [-0.15, -0.1) is 0 Å². The molecule has 0 fully saturated rings. The Morgan fingerprint density at radius 2 is 1.58 bits per heavy atom. The SMILES string of the molecule is NCCC(Cc1ccccc1)OC(=O)N(CCCC(N)c1ccccc1)C(=O)C(O)(CO)C(F)(F)F. The molecule has 0 heterocycles. The molecule has 198 valence electrons. The van der Waals surface area contributed by atoms with E-state index in [4.69, 9.17) is 16.2 Å². The molecule has 0 spiro atoms. The van der Waals surface area contributed by atoms with Crippen LogP contribution in [0.4, 0.5) is 18.0 Å². The van der Waals surface area contributed by atoms with E-state index in [9.17, 15) is 33.0 Å². The molecule has 0 saturated carbocycles. The molecule has 3 unspecified atom stereocenters. The summed E-state index contributed by atoms with van der Waals surface area (Å²) in [5, 5.41) is 19.2. The van der Waals surface area contributed by atoms with Gasteiger partial charge in [-0.05, 0) is 36.9 Å². The molecule has 0 bridgehead atoms. The maximum Gasteiger partial charge on any atom is 0.428 e. The third-order valence-electron chi connectivity index (χ3n) is 5.70. The van der Waals surface area contributed by atoms with Crippen LogP contribution >= 0.6 is 0 Å². The number of carbonyl (C=O) groups excluding carboxylic acids is 2. The summed E-state index contributed by atoms with van der Waals surface area (Å²) in [7, 11) is 0. The van der Waals surface area contributed by atoms with E-state index >= 15 is 0 Å². The highest BCUT2D eigenvalue weighted by molar-refractivity contribution is 5.97. The van der Waals surface area contributed by atoms with Crippen LogP contribution in [0.5, 0.6) is 0 Å². The Balaban J connectivity index is 2.21. The van der Waals surface area contributed by atoms with Gasteiger partial charge in [0.15, 0.2) is 0 Å². The van der Waals surface area contributed by atoms with Crippen LogP contribution in [0.15, 0.2) is 60.7 Å². The fraction of sp³-hybridized carbons (Fsp3) is 0.440. The van der Waals surface area contributed by atoms with Gasteiger partial charge in [-0.1, -0.05) is 60.7 Å². The Kier molecular flexibility index (Phi) is 10.8. The number of hydrogen-bond donors (Lipinski definition) is 4. The molecule has 0 aliphatic heterocycles. The predicted octanol–water partition coefficient (Wildman–Crippen LogP) is 2.68. The van der Waals surface area contributed by atoms with Crippen molar-refractivity contribution in [3.8, 4) is 0 Å². The van der Waals surface area contributed by atoms with Crippen LogP contribution in [0.2, 0.25) is 0 Å². The number of nitrogens with zero attached hydrogens (tertiary/aromatic N) is 1. The second-order valence-electron chi connectivity index (χ2n) is 8.41. The minimum absolute atomic E-state index is 0.0243. The zero-order valence-electron chi connectivity index (χ0n) is 19.7. The Bertz CT molecular complexity index is 962. The van der Waals surface area contributed by atoms with Gasteiger partial charge < -0.3 is 26.4 Å². The van der Waals surface area contributed by atoms with Crippen molar-refractivity contribution in [1.82, 2.24) is 4.90 Å². The van der Waals surface area contributed by atoms with Crippen molar-refractivity contribution in [2.45, 2.75) is 49.6 Å². The van der Waals surface area contributed by atoms with Gasteiger partial charge in [-0.25, -0.2) is 9.69 Å². The van der Waals surface area contributed by atoms with E-state index in [0.717, 1.165) is 11.1 Å². The highest BCUT2D eigenvalue weighted by Crippen LogP contribution is 2.32. The van der Waals surface area contributed by atoms with Gasteiger partial charge in [0.1, 0.15) is 6.10 Å². The van der Waals surface area contributed by atoms with Crippen molar-refractivity contribution in [1.29, 1.82) is 0 Å². The summed E-state index contributed by atoms with van der Waals surface area (Å²) in [5.41, 5.74) is 9.11. The van der Waals surface area contributed by atoms with Gasteiger partial charge in [-0.3, -0.25) is 4.79 Å². The number of halogens is 3. The summed E-state index contributed by atoms with van der Waals surface area (Å²) in [5.74, 6) is -2.03. The number of carbonyl (C=O) groups is 2. The van der Waals surface area contributed by atoms with E-state index in [-0.39, 0.29) is 37.1 Å². The number of alkyl halides is 3. The van der Waals surface area contributed by atoms with E-state index in [2.05, 4.69) is 0 Å². The summed E-state index contributed by atoms with van der Waals surface area (Å²) in [4.78, 5) is 25.9. The third kappa shape index (κ3) is 7.76. The number of rotatable bonds is 12. The topological polar surface area (TPSA) is 139 Å². The number of imide groups is 1. The number of aliphatic hydroxyl groups excluding tert-OH is 1. The van der Waals surface area contributed by atoms with E-state index in [1.807, 2.05) is 0 Å². The third-order valence-corrected chi connectivity index (χ3v) is 5.70. The summed E-state index contributed by atoms with van der Waals surface area (Å²) in [6, 6.07) is 17.3. The van der Waals surface area contributed by atoms with Gasteiger partial charge in [-0.2, -0.15) is 13.2 Å². The lowest BCUT2D eigenvalue weighted by molar-refractivity contribution is -0.264. The first-order valence-corrected chi connectivity index (χ1v) is 11.5. The maximum absolute atomic E-state index is 13.5. The Morgan fingerprint density at radius 1 is 1.00 bits per heavy atom. The molecule has 6 N–H and O–H groups in total. The number of amides is 2. The second-order valence-corrected chi connectivity index (χ2v) is 8.41. The standard InChI is InChI=1S/C25H32F3N3O5/c26-25(27,28)24(35,17-32)22(33)31(15-7-12-21(30)19-10-5-2-6-11-19)23(34)36-20(13-14-29)16-18-8-3-1-4-9-18/h1-6,8-11,20-21,32,35H,7,12-17,29-30H2. The normalized spacial score (nSPS) is 15.0. The monoisotopic (exact) mass is 511 g/mol. The predicted molar refractivity (Wildman–Crippen MR) is 126 cm³/mol. The van der Waals surface area contributed by atoms with Crippen molar-refractivity contribution >= 4 is 12.0 Å². The Morgan fingerprint density at radius 3 is 2.11 bits per heavy atom. The number of benzene rings is 2. The largest absolute Gasteiger partial charge is 0.445 e. The van der Waals surface area contributed by atoms with Gasteiger partial charge in [0.25, 0.3) is 11.5 Å². The molecule has 2 amide bonds. The molecule has 36 heavy (non-hydrogen) atoms. The molecule has 11 heteroatoms. The van der Waals surface area contributed by atoms with Crippen LogP contribution in [-0.4, -0.2) is 64.7 Å². The molecule has 0 aliphatic carbocycles. The van der Waals surface area contributed by atoms with Crippen molar-refractivity contribution in [3.05, 3.63) is 71.8 Å². The van der Waals surface area contributed by atoms with Crippen molar-refractivity contribution in [2.75, 3.05) is 19.7 Å². The first-order chi connectivity index (χ1) is 17.0. The molecule has 2 aromatic rings. The van der Waals surface area contributed by atoms with Crippen molar-refractivity contribution < 1.29 is 37.7 Å². The molecule has 3 atom stereocenters. The van der Waals surface area contributed by atoms with Gasteiger partial charge in [0.05, 0.1) is 6.61 Å². The van der Waals surface area contributed by atoms with Crippen molar-refractivity contribution in [2.24, 2.45) is 11.5 Å². The van der Waals surface area contributed by atoms with Gasteiger partial charge >= 0.3 is 12.3 Å². The zero-order chi connectivity index (χ0) is 26.8. The van der Waals surface area contributed by atoms with E-state index in [1.165, 1.54) is 0 Å². The first kappa shape index (κ1) is 29.2. The van der Waals surface area contributed by atoms with Crippen LogP contribution in [-0.2, 0) is 16.0 Å². The highest BCUT2D eigenvalue weighted by atomic mass is 19.4. The molecule has 8 nitrogen and oxygen atoms in total. The number of hydrogen-bond acceptors (Lipinski definition) is 7. The fourth-order valence-corrected chi connectivity index (χ4v) is 3.59. The Labute approximate surface area is 207 Å². The van der Waals surface area contributed by atoms with Crippen LogP contribution in [0.25, 0.3) is 0 Å². The van der Waals surface area contributed by atoms with E-state index in [0.29, 0.717) is 0 Å². The van der Waals surface area contributed by atoms with Crippen LogP contribution in [0.3, 0.4) is 0 Å². The highest BCUT2D eigenvalue weighted by Gasteiger charge is 2.61. The molecule has 0 saturated heterocycles. The summed E-state index contributed by atoms with van der Waals surface area (Å²) in [6.07, 6.45) is -7.09. The summed E-state index contributed by atoms with van der Waals surface area (Å²) < 4.78 is 45.8.